The Hall–Kier alpha value is -5.79. The highest BCUT2D eigenvalue weighted by Gasteiger charge is 2.55. The zero-order valence-corrected chi connectivity index (χ0v) is 35.3. The van der Waals surface area contributed by atoms with Gasteiger partial charge in [-0.2, -0.15) is 8.78 Å². The highest BCUT2D eigenvalue weighted by atomic mass is 19.3. The molecule has 14 heteroatoms. The lowest BCUT2D eigenvalue weighted by Gasteiger charge is -2.35. The van der Waals surface area contributed by atoms with Crippen molar-refractivity contribution in [3.63, 3.8) is 0 Å². The number of alkyl halides is 2. The van der Waals surface area contributed by atoms with Gasteiger partial charge in [-0.3, -0.25) is 9.69 Å². The van der Waals surface area contributed by atoms with Gasteiger partial charge < -0.3 is 29.7 Å². The number of H-pyrrole nitrogens is 2. The summed E-state index contributed by atoms with van der Waals surface area (Å²) in [5.74, 6) is -2.03. The van der Waals surface area contributed by atoms with Crippen LogP contribution >= 0.6 is 0 Å². The quantitative estimate of drug-likeness (QED) is 0.148. The number of imidazole rings is 2. The summed E-state index contributed by atoms with van der Waals surface area (Å²) in [6, 6.07) is 14.9. The van der Waals surface area contributed by atoms with Gasteiger partial charge in [0.1, 0.15) is 23.3 Å². The first-order valence-electron chi connectivity index (χ1n) is 21.4. The molecule has 2 aromatic heterocycles. The minimum Gasteiger partial charge on any atom is -0.453 e. The minimum absolute atomic E-state index is 0.0215. The zero-order chi connectivity index (χ0) is 42.7. The fourth-order valence-electron chi connectivity index (χ4n) is 10.4. The molecule has 61 heavy (non-hydrogen) atoms. The molecule has 5 aliphatic rings. The van der Waals surface area contributed by atoms with Gasteiger partial charge in [0.05, 0.1) is 42.1 Å². The summed E-state index contributed by atoms with van der Waals surface area (Å²) in [7, 11) is 1.27. The topological polar surface area (TPSA) is 146 Å². The summed E-state index contributed by atoms with van der Waals surface area (Å²) in [6.45, 7) is 9.93. The molecule has 5 atom stereocenters. The molecule has 3 N–H and O–H groups in total. The number of alkyl carbamates (subject to hydrolysis) is 1. The summed E-state index contributed by atoms with van der Waals surface area (Å²) in [4.78, 5) is 59.6. The number of ether oxygens (including phenoxy) is 2. The van der Waals surface area contributed by atoms with Crippen molar-refractivity contribution in [2.24, 2.45) is 17.3 Å². The Morgan fingerprint density at radius 2 is 1.61 bits per heavy atom. The van der Waals surface area contributed by atoms with Crippen LogP contribution in [0.4, 0.5) is 18.4 Å². The van der Waals surface area contributed by atoms with Gasteiger partial charge in [-0.15, -0.1) is 0 Å². The van der Waals surface area contributed by atoms with E-state index in [4.69, 9.17) is 19.4 Å². The number of nitrogens with zero attached hydrogens (tertiary/aromatic N) is 4. The molecule has 318 valence electrons. The van der Waals surface area contributed by atoms with E-state index in [0.29, 0.717) is 40.3 Å². The SMILES string of the molecule is COC(=O)N[C@H](C(=O)N1CC2(CC2)CC1c1ncc(-c2ccc3c(c2)C(F)(F)c2cc(-c4ccc5nc(C6C7CCC(C7)N6C(=O)OC(C)(C)C)[nH]c5c4)ccc2-3)[nH]1)C(C)C. The predicted octanol–water partition coefficient (Wildman–Crippen LogP) is 9.64. The maximum atomic E-state index is 16.6. The number of rotatable bonds is 7. The van der Waals surface area contributed by atoms with Gasteiger partial charge in [-0.25, -0.2) is 19.6 Å². The van der Waals surface area contributed by atoms with Crippen LogP contribution in [0.1, 0.15) is 108 Å². The molecule has 2 aliphatic heterocycles. The zero-order valence-electron chi connectivity index (χ0n) is 35.3. The normalized spacial score (nSPS) is 23.4. The summed E-state index contributed by atoms with van der Waals surface area (Å²) in [6.07, 6.45) is 6.30. The second-order valence-corrected chi connectivity index (χ2v) is 19.2. The fourth-order valence-corrected chi connectivity index (χ4v) is 10.4. The number of aromatic amines is 2. The molecule has 12 nitrogen and oxygen atoms in total. The van der Waals surface area contributed by atoms with Crippen molar-refractivity contribution in [3.8, 4) is 33.5 Å². The summed E-state index contributed by atoms with van der Waals surface area (Å²) < 4.78 is 43.8. The lowest BCUT2D eigenvalue weighted by molar-refractivity contribution is -0.135. The average Bonchev–Trinajstić information content (AvgIpc) is 3.87. The van der Waals surface area contributed by atoms with E-state index in [-0.39, 0.29) is 58.5 Å². The Kier molecular flexibility index (Phi) is 8.95. The Morgan fingerprint density at radius 3 is 2.30 bits per heavy atom. The highest BCUT2D eigenvalue weighted by Crippen LogP contribution is 2.59. The number of carbonyl (C=O) groups excluding carboxylic acids is 3. The third-order valence-electron chi connectivity index (χ3n) is 13.7. The number of hydrogen-bond donors (Lipinski definition) is 3. The van der Waals surface area contributed by atoms with Crippen LogP contribution < -0.4 is 5.32 Å². The van der Waals surface area contributed by atoms with Crippen LogP contribution in [0.3, 0.4) is 0 Å². The number of piperidine rings is 1. The number of benzene rings is 3. The van der Waals surface area contributed by atoms with Crippen molar-refractivity contribution in [3.05, 3.63) is 83.6 Å². The number of aromatic nitrogens is 4. The monoisotopic (exact) mass is 831 g/mol. The molecule has 3 aliphatic carbocycles. The summed E-state index contributed by atoms with van der Waals surface area (Å²) >= 11 is 0. The molecule has 4 unspecified atom stereocenters. The molecular weight excluding hydrogens is 781 g/mol. The number of likely N-dealkylation sites (tertiary alicyclic amines) is 2. The fraction of sp³-hybridized carbons (Fsp3) is 0.468. The van der Waals surface area contributed by atoms with Crippen LogP contribution in [0, 0.1) is 17.3 Å². The molecule has 4 heterocycles. The van der Waals surface area contributed by atoms with E-state index in [2.05, 4.69) is 15.3 Å². The standard InChI is InChI=1S/C47H51F2N7O5/c1-24(2)38(54-43(58)60-6)42(57)55-23-46(15-16-46)21-37(55)40-50-22-36(53-40)27-9-13-31-30-12-8-25(18-32(30)47(48,49)33(31)19-27)26-10-14-34-35(20-26)52-41(51-34)39-28-7-11-29(17-28)56(39)44(59)61-45(3,4)5/h8-10,12-14,18-20,22,24,28-29,37-39H,7,11,15-17,21,23H2,1-6H3,(H,50,53)(H,51,52)(H,54,58)/t28?,29?,37?,38-,39?/m0/s1. The molecule has 2 saturated heterocycles. The number of halogens is 2. The number of nitrogens with one attached hydrogen (secondary N) is 3. The van der Waals surface area contributed by atoms with E-state index in [1.54, 1.807) is 24.4 Å². The number of fused-ring (bicyclic) bond motifs is 6. The van der Waals surface area contributed by atoms with Crippen LogP contribution in [0.25, 0.3) is 44.5 Å². The maximum absolute atomic E-state index is 16.6. The number of amides is 3. The van der Waals surface area contributed by atoms with E-state index in [1.165, 1.54) is 13.2 Å². The van der Waals surface area contributed by atoms with Gasteiger partial charge >= 0.3 is 12.2 Å². The molecule has 2 saturated carbocycles. The molecule has 5 aromatic rings. The van der Waals surface area contributed by atoms with E-state index < -0.39 is 23.7 Å². The average molecular weight is 832 g/mol. The largest absolute Gasteiger partial charge is 0.453 e. The van der Waals surface area contributed by atoms with Crippen LogP contribution in [0.15, 0.2) is 60.8 Å². The highest BCUT2D eigenvalue weighted by molar-refractivity contribution is 5.88. The smallest absolute Gasteiger partial charge is 0.411 e. The van der Waals surface area contributed by atoms with Crippen molar-refractivity contribution < 1.29 is 32.6 Å². The lowest BCUT2D eigenvalue weighted by Crippen LogP contribution is -2.51. The van der Waals surface area contributed by atoms with Crippen molar-refractivity contribution in [2.75, 3.05) is 13.7 Å². The maximum Gasteiger partial charge on any atom is 0.411 e. The van der Waals surface area contributed by atoms with E-state index in [9.17, 15) is 14.4 Å². The van der Waals surface area contributed by atoms with Gasteiger partial charge in [0, 0.05) is 29.3 Å². The van der Waals surface area contributed by atoms with E-state index >= 15 is 8.78 Å². The predicted molar refractivity (Wildman–Crippen MR) is 224 cm³/mol. The van der Waals surface area contributed by atoms with E-state index in [0.717, 1.165) is 60.9 Å². The number of methoxy groups -OCH3 is 1. The van der Waals surface area contributed by atoms with Gasteiger partial charge in [-0.1, -0.05) is 44.2 Å². The molecule has 1 spiro atoms. The first-order chi connectivity index (χ1) is 29.0. The van der Waals surface area contributed by atoms with Gasteiger partial charge in [-0.05, 0) is 123 Å². The van der Waals surface area contributed by atoms with Crippen molar-refractivity contribution >= 4 is 29.1 Å². The van der Waals surface area contributed by atoms with Crippen molar-refractivity contribution in [1.82, 2.24) is 35.1 Å². The van der Waals surface area contributed by atoms with E-state index in [1.807, 2.05) is 74.8 Å². The Morgan fingerprint density at radius 1 is 0.918 bits per heavy atom. The third kappa shape index (κ3) is 6.64. The van der Waals surface area contributed by atoms with Gasteiger partial charge in [0.25, 0.3) is 5.92 Å². The van der Waals surface area contributed by atoms with Crippen LogP contribution in [0.2, 0.25) is 0 Å². The first kappa shape index (κ1) is 39.4. The third-order valence-corrected chi connectivity index (χ3v) is 13.7. The number of hydrogen-bond acceptors (Lipinski definition) is 7. The molecule has 10 rings (SSSR count). The molecule has 4 fully saturated rings. The summed E-state index contributed by atoms with van der Waals surface area (Å²) in [5.41, 5.74) is 4.32. The molecule has 3 aromatic carbocycles. The minimum atomic E-state index is -3.26. The summed E-state index contributed by atoms with van der Waals surface area (Å²) in [5, 5.41) is 2.70. The number of carbonyl (C=O) groups is 3. The molecule has 0 radical (unpaired) electrons. The van der Waals surface area contributed by atoms with Crippen LogP contribution in [-0.2, 0) is 20.2 Å². The van der Waals surface area contributed by atoms with Crippen LogP contribution in [0.5, 0.6) is 0 Å². The van der Waals surface area contributed by atoms with Gasteiger partial charge in [0.15, 0.2) is 0 Å². The van der Waals surface area contributed by atoms with Crippen molar-refractivity contribution in [1.29, 1.82) is 0 Å². The molecular formula is C47H51F2N7O5. The Bertz CT molecular complexity index is 2610. The second-order valence-electron chi connectivity index (χ2n) is 19.2. The van der Waals surface area contributed by atoms with Gasteiger partial charge in [0.2, 0.25) is 5.91 Å². The first-order valence-corrected chi connectivity index (χ1v) is 21.4. The second kappa shape index (κ2) is 13.9. The Labute approximate surface area is 352 Å². The molecule has 2 bridgehead atoms. The van der Waals surface area contributed by atoms with Crippen molar-refractivity contribution in [2.45, 2.75) is 109 Å². The molecule has 3 amide bonds. The Balaban J connectivity index is 0.901. The van der Waals surface area contributed by atoms with Crippen LogP contribution in [-0.4, -0.2) is 79.2 Å². The lowest BCUT2D eigenvalue weighted by atomic mass is 9.98.